The molecule has 0 N–H and O–H groups in total. The zero-order valence-electron chi connectivity index (χ0n) is 6.29. The first kappa shape index (κ1) is 7.80. The number of carbonyl (C=O) groups is 1. The second kappa shape index (κ2) is 3.20. The summed E-state index contributed by atoms with van der Waals surface area (Å²) >= 11 is 0. The Morgan fingerprint density at radius 3 is 2.91 bits per heavy atom. The van der Waals surface area contributed by atoms with Gasteiger partial charge in [0.2, 0.25) is 5.91 Å². The predicted octanol–water partition coefficient (Wildman–Crippen LogP) is 0.544. The smallest absolute Gasteiger partial charge is 0.245 e. The third-order valence-corrected chi connectivity index (χ3v) is 1.82. The molecule has 0 aromatic rings. The van der Waals surface area contributed by atoms with Gasteiger partial charge in [-0.15, -0.1) is 0 Å². The minimum absolute atomic E-state index is 0.0285. The van der Waals surface area contributed by atoms with E-state index in [0.717, 1.165) is 13.1 Å². The van der Waals surface area contributed by atoms with Gasteiger partial charge in [0.15, 0.2) is 0 Å². The topological polar surface area (TPSA) is 44.1 Å². The highest BCUT2D eigenvalue weighted by molar-refractivity contribution is 5.87. The predicted molar refractivity (Wildman–Crippen MR) is 40.5 cm³/mol. The molecule has 1 heterocycles. The lowest BCUT2D eigenvalue weighted by atomic mass is 9.97. The summed E-state index contributed by atoms with van der Waals surface area (Å²) in [5.41, 5.74) is 0. The van der Waals surface area contributed by atoms with E-state index in [2.05, 4.69) is 12.6 Å². The molecule has 0 radical (unpaired) electrons. The maximum Gasteiger partial charge on any atom is 0.245 e. The molecule has 0 aliphatic carbocycles. The zero-order chi connectivity index (χ0) is 8.27. The number of likely N-dealkylation sites (tertiary alicyclic amines) is 1. The van der Waals surface area contributed by atoms with Gasteiger partial charge in [-0.1, -0.05) is 6.58 Å². The molecular formula is C8H10N2O. The Morgan fingerprint density at radius 1 is 1.82 bits per heavy atom. The van der Waals surface area contributed by atoms with Crippen molar-refractivity contribution in [2.75, 3.05) is 13.1 Å². The minimum Gasteiger partial charge on any atom is -0.338 e. The van der Waals surface area contributed by atoms with Crippen molar-refractivity contribution >= 4 is 5.91 Å². The second-order valence-electron chi connectivity index (χ2n) is 2.68. The van der Waals surface area contributed by atoms with Crippen molar-refractivity contribution in [2.45, 2.75) is 6.42 Å². The SMILES string of the molecule is C=CC(=O)N1CC(CC#N)C1. The standard InChI is InChI=1S/C8H10N2O/c1-2-8(11)10-5-7(6-10)3-4-9/h2,7H,1,3,5-6H2. The molecule has 3 nitrogen and oxygen atoms in total. The first-order valence-corrected chi connectivity index (χ1v) is 3.56. The summed E-state index contributed by atoms with van der Waals surface area (Å²) in [6, 6.07) is 2.08. The highest BCUT2D eigenvalue weighted by atomic mass is 16.2. The number of nitrogens with zero attached hydrogens (tertiary/aromatic N) is 2. The van der Waals surface area contributed by atoms with Crippen LogP contribution in [0.4, 0.5) is 0 Å². The van der Waals surface area contributed by atoms with E-state index in [9.17, 15) is 4.79 Å². The normalized spacial score (nSPS) is 16.8. The molecule has 11 heavy (non-hydrogen) atoms. The Morgan fingerprint density at radius 2 is 2.45 bits per heavy atom. The van der Waals surface area contributed by atoms with E-state index >= 15 is 0 Å². The fraction of sp³-hybridized carbons (Fsp3) is 0.500. The van der Waals surface area contributed by atoms with Gasteiger partial charge in [0, 0.05) is 25.4 Å². The Hall–Kier alpha value is -1.30. The van der Waals surface area contributed by atoms with Crippen molar-refractivity contribution in [3.05, 3.63) is 12.7 Å². The maximum absolute atomic E-state index is 10.9. The van der Waals surface area contributed by atoms with E-state index < -0.39 is 0 Å². The number of amides is 1. The Kier molecular flexibility index (Phi) is 2.27. The number of nitriles is 1. The average molecular weight is 150 g/mol. The molecule has 1 aliphatic rings. The molecule has 58 valence electrons. The Balaban J connectivity index is 2.25. The molecule has 1 rings (SSSR count). The van der Waals surface area contributed by atoms with Crippen LogP contribution in [0.2, 0.25) is 0 Å². The van der Waals surface area contributed by atoms with Crippen LogP contribution in [-0.4, -0.2) is 23.9 Å². The van der Waals surface area contributed by atoms with Crippen LogP contribution >= 0.6 is 0 Å². The van der Waals surface area contributed by atoms with Crippen molar-refractivity contribution in [3.8, 4) is 6.07 Å². The first-order chi connectivity index (χ1) is 5.27. The lowest BCUT2D eigenvalue weighted by Gasteiger charge is -2.37. The molecule has 1 saturated heterocycles. The number of carbonyl (C=O) groups excluding carboxylic acids is 1. The summed E-state index contributed by atoms with van der Waals surface area (Å²) in [7, 11) is 0. The fourth-order valence-electron chi connectivity index (χ4n) is 1.14. The third kappa shape index (κ3) is 1.58. The molecule has 0 aromatic carbocycles. The van der Waals surface area contributed by atoms with Crippen LogP contribution in [0, 0.1) is 17.2 Å². The molecule has 1 fully saturated rings. The van der Waals surface area contributed by atoms with Crippen LogP contribution in [0.5, 0.6) is 0 Å². The van der Waals surface area contributed by atoms with Crippen LogP contribution in [0.3, 0.4) is 0 Å². The van der Waals surface area contributed by atoms with E-state index in [-0.39, 0.29) is 5.91 Å². The molecule has 0 unspecified atom stereocenters. The Labute approximate surface area is 65.9 Å². The van der Waals surface area contributed by atoms with Gasteiger partial charge in [0.1, 0.15) is 0 Å². The lowest BCUT2D eigenvalue weighted by Crippen LogP contribution is -2.49. The van der Waals surface area contributed by atoms with Crippen molar-refractivity contribution in [1.29, 1.82) is 5.26 Å². The summed E-state index contributed by atoms with van der Waals surface area (Å²) < 4.78 is 0. The second-order valence-corrected chi connectivity index (χ2v) is 2.68. The molecule has 1 amide bonds. The van der Waals surface area contributed by atoms with Crippen molar-refractivity contribution in [2.24, 2.45) is 5.92 Å². The van der Waals surface area contributed by atoms with Crippen LogP contribution in [0.25, 0.3) is 0 Å². The van der Waals surface area contributed by atoms with Crippen LogP contribution in [-0.2, 0) is 4.79 Å². The molecule has 0 bridgehead atoms. The van der Waals surface area contributed by atoms with Crippen molar-refractivity contribution in [3.63, 3.8) is 0 Å². The van der Waals surface area contributed by atoms with Gasteiger partial charge in [0.25, 0.3) is 0 Å². The minimum atomic E-state index is -0.0285. The van der Waals surface area contributed by atoms with Crippen molar-refractivity contribution < 1.29 is 4.79 Å². The third-order valence-electron chi connectivity index (χ3n) is 1.82. The van der Waals surface area contributed by atoms with Crippen LogP contribution in [0.15, 0.2) is 12.7 Å². The average Bonchev–Trinajstić information content (AvgIpc) is 1.94. The van der Waals surface area contributed by atoms with Gasteiger partial charge < -0.3 is 4.90 Å². The first-order valence-electron chi connectivity index (χ1n) is 3.56. The summed E-state index contributed by atoms with van der Waals surface area (Å²) in [6.07, 6.45) is 1.86. The van der Waals surface area contributed by atoms with E-state index in [4.69, 9.17) is 5.26 Å². The molecule has 0 spiro atoms. The highest BCUT2D eigenvalue weighted by Gasteiger charge is 2.28. The fourth-order valence-corrected chi connectivity index (χ4v) is 1.14. The van der Waals surface area contributed by atoms with Gasteiger partial charge >= 0.3 is 0 Å². The number of hydrogen-bond acceptors (Lipinski definition) is 2. The molecular weight excluding hydrogens is 140 g/mol. The van der Waals surface area contributed by atoms with Gasteiger partial charge in [-0.3, -0.25) is 4.79 Å². The molecule has 3 heteroatoms. The summed E-state index contributed by atoms with van der Waals surface area (Å²) in [5, 5.41) is 8.31. The molecule has 1 aliphatic heterocycles. The van der Waals surface area contributed by atoms with Crippen LogP contribution < -0.4 is 0 Å². The monoisotopic (exact) mass is 150 g/mol. The van der Waals surface area contributed by atoms with Gasteiger partial charge in [-0.05, 0) is 6.08 Å². The van der Waals surface area contributed by atoms with Gasteiger partial charge in [-0.25, -0.2) is 0 Å². The van der Waals surface area contributed by atoms with Gasteiger partial charge in [0.05, 0.1) is 6.07 Å². The van der Waals surface area contributed by atoms with E-state index in [1.54, 1.807) is 4.90 Å². The van der Waals surface area contributed by atoms with E-state index in [1.165, 1.54) is 6.08 Å². The quantitative estimate of drug-likeness (QED) is 0.539. The van der Waals surface area contributed by atoms with E-state index in [1.807, 2.05) is 0 Å². The molecule has 0 atom stereocenters. The zero-order valence-corrected chi connectivity index (χ0v) is 6.29. The number of rotatable bonds is 2. The maximum atomic E-state index is 10.9. The Bertz CT molecular complexity index is 211. The summed E-state index contributed by atoms with van der Waals surface area (Å²) in [5.74, 6) is 0.364. The lowest BCUT2D eigenvalue weighted by molar-refractivity contribution is -0.131. The number of hydrogen-bond donors (Lipinski definition) is 0. The largest absolute Gasteiger partial charge is 0.338 e. The highest BCUT2D eigenvalue weighted by Crippen LogP contribution is 2.18. The summed E-state index contributed by atoms with van der Waals surface area (Å²) in [6.45, 7) is 4.82. The van der Waals surface area contributed by atoms with Gasteiger partial charge in [-0.2, -0.15) is 5.26 Å². The van der Waals surface area contributed by atoms with Crippen molar-refractivity contribution in [1.82, 2.24) is 4.90 Å². The van der Waals surface area contributed by atoms with E-state index in [0.29, 0.717) is 12.3 Å². The van der Waals surface area contributed by atoms with Crippen LogP contribution in [0.1, 0.15) is 6.42 Å². The summed E-state index contributed by atoms with van der Waals surface area (Å²) in [4.78, 5) is 12.6. The molecule has 0 aromatic heterocycles. The molecule has 0 saturated carbocycles.